The summed E-state index contributed by atoms with van der Waals surface area (Å²) in [4.78, 5) is 21.6. The Balaban J connectivity index is 3.28. The molecular formula is C9H11NO4. The van der Waals surface area contributed by atoms with Gasteiger partial charge in [-0.15, -0.1) is 0 Å². The summed E-state index contributed by atoms with van der Waals surface area (Å²) in [7, 11) is 0. The molecule has 1 atom stereocenters. The minimum atomic E-state index is -1.21. The fraction of sp³-hybridized carbons (Fsp3) is 0.333. The molecule has 5 nitrogen and oxygen atoms in total. The lowest BCUT2D eigenvalue weighted by molar-refractivity contribution is -0.136. The summed E-state index contributed by atoms with van der Waals surface area (Å²) in [6, 6.07) is -0.483. The predicted molar refractivity (Wildman–Crippen MR) is 48.7 cm³/mol. The third-order valence-corrected chi connectivity index (χ3v) is 1.99. The zero-order valence-electron chi connectivity index (χ0n) is 7.87. The molecule has 0 saturated carbocycles. The van der Waals surface area contributed by atoms with Gasteiger partial charge in [0, 0.05) is 5.70 Å². The molecule has 1 unspecified atom stereocenters. The van der Waals surface area contributed by atoms with E-state index in [1.54, 1.807) is 13.8 Å². The van der Waals surface area contributed by atoms with Crippen molar-refractivity contribution in [2.45, 2.75) is 19.9 Å². The zero-order valence-corrected chi connectivity index (χ0v) is 7.87. The van der Waals surface area contributed by atoms with Crippen LogP contribution >= 0.6 is 0 Å². The van der Waals surface area contributed by atoms with E-state index in [0.29, 0.717) is 5.70 Å². The van der Waals surface area contributed by atoms with E-state index in [0.717, 1.165) is 0 Å². The van der Waals surface area contributed by atoms with E-state index in [1.807, 2.05) is 0 Å². The molecule has 0 saturated heterocycles. The van der Waals surface area contributed by atoms with E-state index < -0.39 is 18.0 Å². The Bertz CT molecular complexity index is 354. The second kappa shape index (κ2) is 3.53. The Hall–Kier alpha value is -1.78. The average molecular weight is 197 g/mol. The van der Waals surface area contributed by atoms with E-state index in [9.17, 15) is 9.59 Å². The molecule has 5 heteroatoms. The van der Waals surface area contributed by atoms with E-state index >= 15 is 0 Å². The van der Waals surface area contributed by atoms with E-state index in [4.69, 9.17) is 10.2 Å². The number of carboxylic acids is 2. The van der Waals surface area contributed by atoms with Crippen LogP contribution in [0.5, 0.6) is 0 Å². The van der Waals surface area contributed by atoms with E-state index in [2.05, 4.69) is 5.32 Å². The molecule has 0 bridgehead atoms. The molecule has 0 aromatic rings. The van der Waals surface area contributed by atoms with Crippen LogP contribution in [0.25, 0.3) is 0 Å². The lowest BCUT2D eigenvalue weighted by atomic mass is 9.97. The van der Waals surface area contributed by atoms with Crippen molar-refractivity contribution >= 4 is 11.9 Å². The standard InChI is InChI=1S/C9H11NO4/c1-4-3-6(8(11)12)7(9(13)14)5(2)10-4/h3,5,10H,1-2H3,(H,11,12)(H,13,14). The minimum Gasteiger partial charge on any atom is -0.478 e. The third kappa shape index (κ3) is 1.76. The Morgan fingerprint density at radius 3 is 2.36 bits per heavy atom. The lowest BCUT2D eigenvalue weighted by Gasteiger charge is -2.22. The number of aliphatic carboxylic acids is 2. The molecule has 0 aromatic carbocycles. The summed E-state index contributed by atoms with van der Waals surface area (Å²) in [6.07, 6.45) is 1.33. The maximum Gasteiger partial charge on any atom is 0.336 e. The zero-order chi connectivity index (χ0) is 10.9. The fourth-order valence-corrected chi connectivity index (χ4v) is 1.46. The second-order valence-electron chi connectivity index (χ2n) is 3.13. The van der Waals surface area contributed by atoms with Crippen molar-refractivity contribution in [2.24, 2.45) is 0 Å². The Morgan fingerprint density at radius 1 is 1.36 bits per heavy atom. The van der Waals surface area contributed by atoms with Gasteiger partial charge in [0.25, 0.3) is 0 Å². The van der Waals surface area contributed by atoms with Crippen LogP contribution in [0.3, 0.4) is 0 Å². The van der Waals surface area contributed by atoms with Crippen molar-refractivity contribution in [3.8, 4) is 0 Å². The molecule has 0 radical (unpaired) electrons. The maximum absolute atomic E-state index is 10.8. The number of allylic oxidation sites excluding steroid dienone is 1. The van der Waals surface area contributed by atoms with Crippen molar-refractivity contribution in [1.82, 2.24) is 5.32 Å². The quantitative estimate of drug-likeness (QED) is 0.594. The first-order valence-electron chi connectivity index (χ1n) is 4.09. The van der Waals surface area contributed by atoms with Crippen LogP contribution in [0.15, 0.2) is 22.9 Å². The highest BCUT2D eigenvalue weighted by Gasteiger charge is 2.27. The molecule has 0 spiro atoms. The summed E-state index contributed by atoms with van der Waals surface area (Å²) in [5.74, 6) is -2.42. The summed E-state index contributed by atoms with van der Waals surface area (Å²) < 4.78 is 0. The highest BCUT2D eigenvalue weighted by Crippen LogP contribution is 2.18. The molecular weight excluding hydrogens is 186 g/mol. The molecule has 0 aliphatic carbocycles. The predicted octanol–water partition coefficient (Wildman–Crippen LogP) is 0.348. The first-order valence-corrected chi connectivity index (χ1v) is 4.09. The molecule has 1 aliphatic rings. The fourth-order valence-electron chi connectivity index (χ4n) is 1.46. The Morgan fingerprint density at radius 2 is 1.93 bits per heavy atom. The largest absolute Gasteiger partial charge is 0.478 e. The molecule has 3 N–H and O–H groups in total. The molecule has 14 heavy (non-hydrogen) atoms. The molecule has 1 aliphatic heterocycles. The Kier molecular flexibility index (Phi) is 2.60. The van der Waals surface area contributed by atoms with Crippen molar-refractivity contribution in [3.05, 3.63) is 22.9 Å². The number of rotatable bonds is 2. The van der Waals surface area contributed by atoms with Crippen molar-refractivity contribution in [1.29, 1.82) is 0 Å². The van der Waals surface area contributed by atoms with Gasteiger partial charge in [-0.25, -0.2) is 9.59 Å². The number of hydrogen-bond donors (Lipinski definition) is 3. The van der Waals surface area contributed by atoms with Crippen LogP contribution < -0.4 is 5.32 Å². The smallest absolute Gasteiger partial charge is 0.336 e. The Labute approximate surface area is 80.7 Å². The van der Waals surface area contributed by atoms with Gasteiger partial charge in [0.15, 0.2) is 0 Å². The number of carbonyl (C=O) groups is 2. The number of carboxylic acid groups (broad SMARTS) is 2. The van der Waals surface area contributed by atoms with Crippen LogP contribution in [0.1, 0.15) is 13.8 Å². The van der Waals surface area contributed by atoms with Gasteiger partial charge in [-0.2, -0.15) is 0 Å². The van der Waals surface area contributed by atoms with Gasteiger partial charge >= 0.3 is 11.9 Å². The van der Waals surface area contributed by atoms with Crippen molar-refractivity contribution in [3.63, 3.8) is 0 Å². The molecule has 1 rings (SSSR count). The van der Waals surface area contributed by atoms with Gasteiger partial charge in [0.05, 0.1) is 17.2 Å². The SMILES string of the molecule is CC1=CC(C(=O)O)=C(C(=O)O)C(C)N1. The van der Waals surface area contributed by atoms with Gasteiger partial charge in [0.2, 0.25) is 0 Å². The first-order chi connectivity index (χ1) is 6.43. The molecule has 0 aromatic heterocycles. The monoisotopic (exact) mass is 197 g/mol. The highest BCUT2D eigenvalue weighted by molar-refractivity contribution is 6.02. The average Bonchev–Trinajstić information content (AvgIpc) is 2.01. The summed E-state index contributed by atoms with van der Waals surface area (Å²) in [5.41, 5.74) is 0.393. The molecule has 0 amide bonds. The summed E-state index contributed by atoms with van der Waals surface area (Å²) in [6.45, 7) is 3.31. The highest BCUT2D eigenvalue weighted by atomic mass is 16.4. The normalized spacial score (nSPS) is 21.3. The van der Waals surface area contributed by atoms with Gasteiger partial charge in [-0.3, -0.25) is 0 Å². The van der Waals surface area contributed by atoms with Gasteiger partial charge in [-0.05, 0) is 19.9 Å². The van der Waals surface area contributed by atoms with Crippen LogP contribution in [0.4, 0.5) is 0 Å². The van der Waals surface area contributed by atoms with E-state index in [-0.39, 0.29) is 11.1 Å². The van der Waals surface area contributed by atoms with Gasteiger partial charge < -0.3 is 15.5 Å². The third-order valence-electron chi connectivity index (χ3n) is 1.99. The van der Waals surface area contributed by atoms with Crippen LogP contribution in [-0.4, -0.2) is 28.2 Å². The molecule has 0 fully saturated rings. The van der Waals surface area contributed by atoms with Crippen molar-refractivity contribution < 1.29 is 19.8 Å². The van der Waals surface area contributed by atoms with Crippen molar-refractivity contribution in [2.75, 3.05) is 0 Å². The summed E-state index contributed by atoms with van der Waals surface area (Å²) in [5, 5.41) is 20.5. The van der Waals surface area contributed by atoms with Gasteiger partial charge in [-0.1, -0.05) is 0 Å². The van der Waals surface area contributed by atoms with Crippen LogP contribution in [0, 0.1) is 0 Å². The van der Waals surface area contributed by atoms with E-state index in [1.165, 1.54) is 6.08 Å². The minimum absolute atomic E-state index is 0.108. The number of nitrogens with one attached hydrogen (secondary N) is 1. The number of dihydropyridines is 1. The second-order valence-corrected chi connectivity index (χ2v) is 3.13. The molecule has 76 valence electrons. The van der Waals surface area contributed by atoms with Gasteiger partial charge in [0.1, 0.15) is 0 Å². The lowest BCUT2D eigenvalue weighted by Crippen LogP contribution is -2.35. The maximum atomic E-state index is 10.8. The van der Waals surface area contributed by atoms with Crippen LogP contribution in [0.2, 0.25) is 0 Å². The molecule has 1 heterocycles. The number of hydrogen-bond acceptors (Lipinski definition) is 3. The topological polar surface area (TPSA) is 86.6 Å². The summed E-state index contributed by atoms with van der Waals surface area (Å²) >= 11 is 0. The first kappa shape index (κ1) is 10.3. The van der Waals surface area contributed by atoms with Crippen LogP contribution in [-0.2, 0) is 9.59 Å².